The van der Waals surface area contributed by atoms with Gasteiger partial charge in [0.15, 0.2) is 0 Å². The first kappa shape index (κ1) is 22.4. The van der Waals surface area contributed by atoms with E-state index in [0.717, 1.165) is 23.1 Å². The van der Waals surface area contributed by atoms with Gasteiger partial charge in [0.1, 0.15) is 14.1 Å². The van der Waals surface area contributed by atoms with E-state index in [1.807, 2.05) is 23.5 Å². The summed E-state index contributed by atoms with van der Waals surface area (Å²) >= 11 is 1.86. The molecule has 3 heterocycles. The molecular formula is C32H28N2OS+2. The molecule has 36 heavy (non-hydrogen) atoms. The van der Waals surface area contributed by atoms with E-state index in [9.17, 15) is 0 Å². The van der Waals surface area contributed by atoms with Gasteiger partial charge in [-0.25, -0.2) is 0 Å². The Labute approximate surface area is 215 Å². The topological polar surface area (TPSA) is 17.0 Å². The van der Waals surface area contributed by atoms with Gasteiger partial charge in [0.2, 0.25) is 11.4 Å². The first-order valence-electron chi connectivity index (χ1n) is 12.2. The molecule has 0 spiro atoms. The van der Waals surface area contributed by atoms with Gasteiger partial charge in [-0.05, 0) is 49.2 Å². The van der Waals surface area contributed by atoms with E-state index < -0.39 is 0 Å². The van der Waals surface area contributed by atoms with E-state index in [4.69, 9.17) is 4.74 Å². The van der Waals surface area contributed by atoms with Crippen LogP contribution in [-0.4, -0.2) is 0 Å². The molecule has 0 fully saturated rings. The van der Waals surface area contributed by atoms with E-state index >= 15 is 0 Å². The number of hydrogen-bond donors (Lipinski definition) is 0. The van der Waals surface area contributed by atoms with Crippen molar-refractivity contribution in [3.63, 3.8) is 0 Å². The van der Waals surface area contributed by atoms with Crippen molar-refractivity contribution in [3.05, 3.63) is 108 Å². The summed E-state index contributed by atoms with van der Waals surface area (Å²) in [6.45, 7) is 4.33. The Morgan fingerprint density at radius 3 is 2.03 bits per heavy atom. The molecule has 0 aliphatic rings. The number of benzene rings is 3. The van der Waals surface area contributed by atoms with Gasteiger partial charge in [0.25, 0.3) is 0 Å². The highest BCUT2D eigenvalue weighted by atomic mass is 32.1. The van der Waals surface area contributed by atoms with E-state index in [1.165, 1.54) is 42.4 Å². The van der Waals surface area contributed by atoms with Crippen LogP contribution in [0.1, 0.15) is 11.1 Å². The van der Waals surface area contributed by atoms with Crippen LogP contribution >= 0.6 is 11.3 Å². The number of pyridine rings is 2. The Hall–Kier alpha value is -4.02. The normalized spacial score (nSPS) is 11.3. The second-order valence-corrected chi connectivity index (χ2v) is 10.3. The van der Waals surface area contributed by atoms with Crippen molar-refractivity contribution in [1.82, 2.24) is 0 Å². The summed E-state index contributed by atoms with van der Waals surface area (Å²) in [7, 11) is 4.14. The van der Waals surface area contributed by atoms with E-state index in [-0.39, 0.29) is 0 Å². The molecule has 3 nitrogen and oxygen atoms in total. The van der Waals surface area contributed by atoms with Gasteiger partial charge in [0.05, 0.1) is 17.7 Å². The number of aryl methyl sites for hydroxylation is 2. The van der Waals surface area contributed by atoms with Crippen molar-refractivity contribution < 1.29 is 13.9 Å². The van der Waals surface area contributed by atoms with Crippen molar-refractivity contribution in [1.29, 1.82) is 0 Å². The third kappa shape index (κ3) is 3.66. The molecule has 0 saturated carbocycles. The molecule has 0 aliphatic heterocycles. The minimum Gasteiger partial charge on any atom is -0.348 e. The average Bonchev–Trinajstić information content (AvgIpc) is 3.26. The molecule has 0 bridgehead atoms. The summed E-state index contributed by atoms with van der Waals surface area (Å²) in [5.74, 6) is 1.59. The minimum atomic E-state index is 0.792. The lowest BCUT2D eigenvalue weighted by Gasteiger charge is -2.10. The smallest absolute Gasteiger partial charge is 0.348 e. The van der Waals surface area contributed by atoms with Crippen LogP contribution in [0.2, 0.25) is 0 Å². The fourth-order valence-corrected chi connectivity index (χ4v) is 6.34. The third-order valence-corrected chi connectivity index (χ3v) is 8.22. The Kier molecular flexibility index (Phi) is 5.54. The summed E-state index contributed by atoms with van der Waals surface area (Å²) in [5, 5.41) is 2.62. The summed E-state index contributed by atoms with van der Waals surface area (Å²) in [4.78, 5) is 0. The molecule has 0 unspecified atom stereocenters. The predicted octanol–water partition coefficient (Wildman–Crippen LogP) is 7.45. The zero-order valence-electron chi connectivity index (χ0n) is 20.9. The monoisotopic (exact) mass is 488 g/mol. The highest BCUT2D eigenvalue weighted by Crippen LogP contribution is 2.41. The highest BCUT2D eigenvalue weighted by molar-refractivity contribution is 7.26. The molecular weight excluding hydrogens is 460 g/mol. The zero-order valence-corrected chi connectivity index (χ0v) is 21.8. The Morgan fingerprint density at radius 1 is 0.583 bits per heavy atom. The summed E-state index contributed by atoms with van der Waals surface area (Å²) in [6.07, 6.45) is 0. The Morgan fingerprint density at radius 2 is 1.25 bits per heavy atom. The number of aromatic nitrogens is 2. The molecule has 0 N–H and O–H groups in total. The first-order chi connectivity index (χ1) is 17.5. The molecule has 6 rings (SSSR count). The Balaban J connectivity index is 1.47. The molecule has 3 aromatic carbocycles. The van der Waals surface area contributed by atoms with Crippen molar-refractivity contribution in [2.75, 3.05) is 0 Å². The van der Waals surface area contributed by atoms with Crippen LogP contribution in [0.3, 0.4) is 0 Å². The van der Waals surface area contributed by atoms with Gasteiger partial charge in [-0.15, -0.1) is 11.3 Å². The maximum absolute atomic E-state index is 6.54. The standard InChI is InChI=1S/C32H28N2OS/c1-21-11-5-6-12-23(21)26-14-9-17-29(33(26)3)35-30-18-10-15-27(34(30)4)31-22(2)19-20-25-24-13-7-8-16-28(24)36-32(25)31/h5-20H,1-4H3/q+2. The lowest BCUT2D eigenvalue weighted by Crippen LogP contribution is -2.37. The van der Waals surface area contributed by atoms with E-state index in [1.54, 1.807) is 0 Å². The maximum Gasteiger partial charge on any atom is 0.377 e. The average molecular weight is 489 g/mol. The number of hydrogen-bond acceptors (Lipinski definition) is 2. The molecule has 4 heteroatoms. The summed E-state index contributed by atoms with van der Waals surface area (Å²) in [6, 6.07) is 34.1. The van der Waals surface area contributed by atoms with Gasteiger partial charge < -0.3 is 4.74 Å². The zero-order chi connectivity index (χ0) is 24.8. The van der Waals surface area contributed by atoms with E-state index in [0.29, 0.717) is 0 Å². The van der Waals surface area contributed by atoms with Crippen LogP contribution in [0.4, 0.5) is 0 Å². The lowest BCUT2D eigenvalue weighted by atomic mass is 10.0. The fraction of sp³-hybridized carbons (Fsp3) is 0.125. The molecule has 0 saturated heterocycles. The van der Waals surface area contributed by atoms with Crippen LogP contribution < -0.4 is 13.9 Å². The second kappa shape index (κ2) is 8.89. The highest BCUT2D eigenvalue weighted by Gasteiger charge is 2.25. The number of ether oxygens (including phenoxy) is 1. The molecule has 6 aromatic rings. The SMILES string of the molecule is Cc1ccccc1-c1cccc(Oc2cccc(-c3c(C)ccc4c3sc3ccccc34)[n+]2C)[n+]1C. The molecule has 0 atom stereocenters. The third-order valence-electron chi connectivity index (χ3n) is 7.01. The predicted molar refractivity (Wildman–Crippen MR) is 149 cm³/mol. The molecule has 0 radical (unpaired) electrons. The van der Waals surface area contributed by atoms with Crippen LogP contribution in [-0.2, 0) is 14.1 Å². The fourth-order valence-electron chi connectivity index (χ4n) is 5.03. The van der Waals surface area contributed by atoms with Gasteiger partial charge >= 0.3 is 11.8 Å². The van der Waals surface area contributed by atoms with Gasteiger partial charge in [-0.1, -0.05) is 48.5 Å². The number of thiophene rings is 1. The lowest BCUT2D eigenvalue weighted by molar-refractivity contribution is -0.685. The van der Waals surface area contributed by atoms with Crippen LogP contribution in [0, 0.1) is 13.8 Å². The number of rotatable bonds is 4. The van der Waals surface area contributed by atoms with Crippen molar-refractivity contribution in [3.8, 4) is 34.3 Å². The van der Waals surface area contributed by atoms with E-state index in [2.05, 4.69) is 122 Å². The largest absolute Gasteiger partial charge is 0.377 e. The second-order valence-electron chi connectivity index (χ2n) is 9.27. The van der Waals surface area contributed by atoms with Crippen LogP contribution in [0.15, 0.2) is 97.1 Å². The number of nitrogens with zero attached hydrogens (tertiary/aromatic N) is 2. The molecule has 0 aliphatic carbocycles. The van der Waals surface area contributed by atoms with Gasteiger partial charge in [-0.3, -0.25) is 0 Å². The molecule has 0 amide bonds. The molecule has 176 valence electrons. The van der Waals surface area contributed by atoms with Crippen molar-refractivity contribution in [2.24, 2.45) is 14.1 Å². The molecule has 3 aromatic heterocycles. The van der Waals surface area contributed by atoms with Crippen LogP contribution in [0.5, 0.6) is 11.8 Å². The van der Waals surface area contributed by atoms with Gasteiger partial charge in [-0.2, -0.15) is 9.13 Å². The van der Waals surface area contributed by atoms with Gasteiger partial charge in [0, 0.05) is 37.9 Å². The van der Waals surface area contributed by atoms with Crippen molar-refractivity contribution >= 4 is 31.5 Å². The Bertz CT molecular complexity index is 1770. The summed E-state index contributed by atoms with van der Waals surface area (Å²) in [5.41, 5.74) is 7.23. The minimum absolute atomic E-state index is 0.792. The first-order valence-corrected chi connectivity index (χ1v) is 13.0. The number of fused-ring (bicyclic) bond motifs is 3. The van der Waals surface area contributed by atoms with Crippen LogP contribution in [0.25, 0.3) is 42.7 Å². The quantitative estimate of drug-likeness (QED) is 0.236. The maximum atomic E-state index is 6.54. The van der Waals surface area contributed by atoms with Crippen molar-refractivity contribution in [2.45, 2.75) is 13.8 Å². The summed E-state index contributed by atoms with van der Waals surface area (Å²) < 4.78 is 13.5.